The highest BCUT2D eigenvalue weighted by atomic mass is 16.5. The van der Waals surface area contributed by atoms with Crippen LogP contribution >= 0.6 is 0 Å². The quantitative estimate of drug-likeness (QED) is 0.422. The van der Waals surface area contributed by atoms with Gasteiger partial charge in [0, 0.05) is 29.0 Å². The van der Waals surface area contributed by atoms with Gasteiger partial charge >= 0.3 is 5.97 Å². The van der Waals surface area contributed by atoms with Crippen molar-refractivity contribution < 1.29 is 28.5 Å². The maximum atomic E-state index is 14.0. The smallest absolute Gasteiger partial charge is 0.337 e. The summed E-state index contributed by atoms with van der Waals surface area (Å²) in [4.78, 5) is 27.7. The molecular formula is C32H37NO6. The van der Waals surface area contributed by atoms with Gasteiger partial charge in [-0.15, -0.1) is 0 Å². The standard InChI is InChI=1S/C32H37NO6/c1-5-38-26-13-9-8-12-23(26)30-29(32(35)39-22-10-6-7-11-22)19(2)33-24-16-21(17-25(34)31(24)30)20-14-15-27(36-3)28(18-20)37-4/h8-9,12-15,18,21-22,30,33H,5-7,10-11,16-17H2,1-4H3/t21-,30-/m0/s1. The molecule has 2 aromatic carbocycles. The van der Waals surface area contributed by atoms with Crippen LogP contribution in [0.2, 0.25) is 0 Å². The Morgan fingerprint density at radius 1 is 0.974 bits per heavy atom. The lowest BCUT2D eigenvalue weighted by molar-refractivity contribution is -0.144. The number of para-hydroxylation sites is 1. The number of ketones is 1. The van der Waals surface area contributed by atoms with Crippen molar-refractivity contribution in [2.24, 2.45) is 0 Å². The number of ether oxygens (including phenoxy) is 4. The van der Waals surface area contributed by atoms with Gasteiger partial charge in [0.05, 0.1) is 32.3 Å². The molecule has 39 heavy (non-hydrogen) atoms. The topological polar surface area (TPSA) is 83.1 Å². The first-order valence-electron chi connectivity index (χ1n) is 13.8. The van der Waals surface area contributed by atoms with Gasteiger partial charge in [-0.1, -0.05) is 24.3 Å². The number of carbonyl (C=O) groups excluding carboxylic acids is 2. The number of dihydropyridines is 1. The number of hydrogen-bond acceptors (Lipinski definition) is 7. The number of allylic oxidation sites excluding steroid dienone is 3. The van der Waals surface area contributed by atoms with E-state index in [1.807, 2.05) is 56.3 Å². The van der Waals surface area contributed by atoms with E-state index in [0.29, 0.717) is 53.5 Å². The molecule has 1 N–H and O–H groups in total. The molecule has 0 saturated heterocycles. The van der Waals surface area contributed by atoms with Crippen molar-refractivity contribution in [1.29, 1.82) is 0 Å². The largest absolute Gasteiger partial charge is 0.494 e. The lowest BCUT2D eigenvalue weighted by atomic mass is 9.71. The van der Waals surface area contributed by atoms with Crippen LogP contribution in [0.25, 0.3) is 0 Å². The van der Waals surface area contributed by atoms with Gasteiger partial charge in [-0.05, 0) is 75.6 Å². The third-order valence-corrected chi connectivity index (χ3v) is 8.03. The molecule has 0 amide bonds. The molecule has 5 rings (SSSR count). The van der Waals surface area contributed by atoms with Crippen LogP contribution in [0.4, 0.5) is 0 Å². The maximum Gasteiger partial charge on any atom is 0.337 e. The number of esters is 1. The Hall–Kier alpha value is -3.74. The second-order valence-corrected chi connectivity index (χ2v) is 10.4. The molecule has 1 saturated carbocycles. The number of hydrogen-bond donors (Lipinski definition) is 1. The second-order valence-electron chi connectivity index (χ2n) is 10.4. The average molecular weight is 532 g/mol. The normalized spacial score (nSPS) is 21.4. The minimum Gasteiger partial charge on any atom is -0.494 e. The molecule has 0 unspecified atom stereocenters. The first kappa shape index (κ1) is 26.9. The van der Waals surface area contributed by atoms with Crippen LogP contribution in [0.15, 0.2) is 65.0 Å². The number of rotatable bonds is 8. The Balaban J connectivity index is 1.56. The molecule has 3 aliphatic rings. The van der Waals surface area contributed by atoms with E-state index in [2.05, 4.69) is 5.32 Å². The van der Waals surface area contributed by atoms with Crippen LogP contribution in [-0.2, 0) is 14.3 Å². The van der Waals surface area contributed by atoms with Crippen LogP contribution in [-0.4, -0.2) is 38.7 Å². The number of carbonyl (C=O) groups is 2. The summed E-state index contributed by atoms with van der Waals surface area (Å²) in [5, 5.41) is 3.45. The predicted octanol–water partition coefficient (Wildman–Crippen LogP) is 5.95. The Kier molecular flexibility index (Phi) is 7.96. The molecule has 0 radical (unpaired) electrons. The first-order chi connectivity index (χ1) is 18.9. The summed E-state index contributed by atoms with van der Waals surface area (Å²) < 4.78 is 22.9. The van der Waals surface area contributed by atoms with E-state index in [1.54, 1.807) is 14.2 Å². The Bertz CT molecular complexity index is 1320. The molecular weight excluding hydrogens is 494 g/mol. The Morgan fingerprint density at radius 2 is 1.72 bits per heavy atom. The van der Waals surface area contributed by atoms with Crippen molar-refractivity contribution in [3.8, 4) is 17.2 Å². The van der Waals surface area contributed by atoms with Gasteiger partial charge < -0.3 is 24.3 Å². The van der Waals surface area contributed by atoms with Gasteiger partial charge in [-0.2, -0.15) is 0 Å². The zero-order chi connectivity index (χ0) is 27.5. The molecule has 2 atom stereocenters. The van der Waals surface area contributed by atoms with Gasteiger partial charge in [0.25, 0.3) is 0 Å². The summed E-state index contributed by atoms with van der Waals surface area (Å²) in [6, 6.07) is 13.5. The predicted molar refractivity (Wildman–Crippen MR) is 148 cm³/mol. The van der Waals surface area contributed by atoms with Crippen molar-refractivity contribution in [1.82, 2.24) is 5.32 Å². The van der Waals surface area contributed by atoms with Crippen LogP contribution in [0.5, 0.6) is 17.2 Å². The highest BCUT2D eigenvalue weighted by Gasteiger charge is 2.43. The lowest BCUT2D eigenvalue weighted by Gasteiger charge is -2.37. The summed E-state index contributed by atoms with van der Waals surface area (Å²) in [7, 11) is 3.22. The second kappa shape index (κ2) is 11.6. The molecule has 1 fully saturated rings. The van der Waals surface area contributed by atoms with Crippen LogP contribution < -0.4 is 19.5 Å². The van der Waals surface area contributed by atoms with Crippen molar-refractivity contribution in [3.05, 3.63) is 76.1 Å². The zero-order valence-corrected chi connectivity index (χ0v) is 23.2. The third kappa shape index (κ3) is 5.27. The molecule has 0 spiro atoms. The van der Waals surface area contributed by atoms with Gasteiger partial charge in [-0.3, -0.25) is 4.79 Å². The van der Waals surface area contributed by atoms with E-state index in [9.17, 15) is 9.59 Å². The SMILES string of the molecule is CCOc1ccccc1[C@H]1C(C(=O)OC2CCCC2)=C(C)NC2=C1C(=O)C[C@@H](c1ccc(OC)c(OC)c1)C2. The van der Waals surface area contributed by atoms with E-state index in [-0.39, 0.29) is 23.8 Å². The Morgan fingerprint density at radius 3 is 2.44 bits per heavy atom. The molecule has 0 bridgehead atoms. The van der Waals surface area contributed by atoms with E-state index in [0.717, 1.165) is 42.5 Å². The Labute approximate surface area is 230 Å². The van der Waals surface area contributed by atoms with E-state index in [1.165, 1.54) is 0 Å². The fourth-order valence-corrected chi connectivity index (χ4v) is 6.19. The zero-order valence-electron chi connectivity index (χ0n) is 23.2. The molecule has 2 aliphatic carbocycles. The number of Topliss-reactive ketones (excluding diaryl/α,β-unsaturated/α-hetero) is 1. The minimum absolute atomic E-state index is 0.0125. The summed E-state index contributed by atoms with van der Waals surface area (Å²) >= 11 is 0. The van der Waals surface area contributed by atoms with Crippen LogP contribution in [0.3, 0.4) is 0 Å². The van der Waals surface area contributed by atoms with Gasteiger partial charge in [0.1, 0.15) is 11.9 Å². The van der Waals surface area contributed by atoms with Crippen LogP contribution in [0.1, 0.15) is 75.3 Å². The fourth-order valence-electron chi connectivity index (χ4n) is 6.19. The van der Waals surface area contributed by atoms with Crippen LogP contribution in [0, 0.1) is 0 Å². The monoisotopic (exact) mass is 531 g/mol. The van der Waals surface area contributed by atoms with Crippen molar-refractivity contribution in [2.75, 3.05) is 20.8 Å². The molecule has 1 aliphatic heterocycles. The summed E-state index contributed by atoms with van der Waals surface area (Å²) in [6.07, 6.45) is 4.77. The number of nitrogens with one attached hydrogen (secondary N) is 1. The molecule has 7 heteroatoms. The number of methoxy groups -OCH3 is 2. The van der Waals surface area contributed by atoms with Gasteiger partial charge in [-0.25, -0.2) is 4.79 Å². The molecule has 1 heterocycles. The summed E-state index contributed by atoms with van der Waals surface area (Å²) in [5.41, 5.74) is 4.50. The average Bonchev–Trinajstić information content (AvgIpc) is 3.45. The molecule has 2 aromatic rings. The molecule has 206 valence electrons. The number of benzene rings is 2. The summed E-state index contributed by atoms with van der Waals surface area (Å²) in [6.45, 7) is 4.31. The first-order valence-corrected chi connectivity index (χ1v) is 13.8. The van der Waals surface area contributed by atoms with Crippen molar-refractivity contribution in [2.45, 2.75) is 70.3 Å². The minimum atomic E-state index is -0.559. The lowest BCUT2D eigenvalue weighted by Crippen LogP contribution is -2.36. The van der Waals surface area contributed by atoms with Gasteiger partial charge in [0.2, 0.25) is 0 Å². The van der Waals surface area contributed by atoms with Crippen molar-refractivity contribution in [3.63, 3.8) is 0 Å². The highest BCUT2D eigenvalue weighted by Crippen LogP contribution is 2.48. The molecule has 0 aromatic heterocycles. The molecule has 7 nitrogen and oxygen atoms in total. The summed E-state index contributed by atoms with van der Waals surface area (Å²) in [5.74, 6) is 1.02. The van der Waals surface area contributed by atoms with Crippen molar-refractivity contribution >= 4 is 11.8 Å². The maximum absolute atomic E-state index is 14.0. The highest BCUT2D eigenvalue weighted by molar-refractivity contribution is 6.04. The third-order valence-electron chi connectivity index (χ3n) is 8.03. The van der Waals surface area contributed by atoms with Gasteiger partial charge in [0.15, 0.2) is 17.3 Å². The van der Waals surface area contributed by atoms with E-state index in [4.69, 9.17) is 18.9 Å². The van der Waals surface area contributed by atoms with E-state index >= 15 is 0 Å². The fraction of sp³-hybridized carbons (Fsp3) is 0.438. The van der Waals surface area contributed by atoms with E-state index < -0.39 is 5.92 Å².